The topological polar surface area (TPSA) is 70.7 Å². The highest BCUT2D eigenvalue weighted by Crippen LogP contribution is 2.33. The van der Waals surface area contributed by atoms with Crippen LogP contribution in [0.3, 0.4) is 0 Å². The Morgan fingerprint density at radius 3 is 2.56 bits per heavy atom. The van der Waals surface area contributed by atoms with Gasteiger partial charge in [0.05, 0.1) is 5.92 Å². The molecule has 1 saturated heterocycles. The fraction of sp³-hybridized carbons (Fsp3) is 0.579. The summed E-state index contributed by atoms with van der Waals surface area (Å²) in [5, 5.41) is 5.81. The van der Waals surface area contributed by atoms with E-state index in [9.17, 15) is 9.59 Å². The number of methoxy groups -OCH3 is 1. The number of rotatable bonds is 7. The lowest BCUT2D eigenvalue weighted by molar-refractivity contribution is -0.124. The first-order chi connectivity index (χ1) is 12.1. The maximum absolute atomic E-state index is 12.7. The minimum absolute atomic E-state index is 0.00785. The molecule has 1 aliphatic rings. The predicted molar refractivity (Wildman–Crippen MR) is 97.6 cm³/mol. The summed E-state index contributed by atoms with van der Waals surface area (Å²) in [7, 11) is 1.65. The Morgan fingerprint density at radius 2 is 1.92 bits per heavy atom. The molecule has 2 rings (SSSR count). The largest absolute Gasteiger partial charge is 0.385 e. The second-order valence-corrected chi connectivity index (χ2v) is 6.50. The van der Waals surface area contributed by atoms with Crippen molar-refractivity contribution in [2.45, 2.75) is 26.2 Å². The number of urea groups is 1. The van der Waals surface area contributed by atoms with Gasteiger partial charge in [0.2, 0.25) is 5.91 Å². The van der Waals surface area contributed by atoms with Crippen LogP contribution in [0.2, 0.25) is 0 Å². The fourth-order valence-electron chi connectivity index (χ4n) is 3.21. The predicted octanol–water partition coefficient (Wildman–Crippen LogP) is 1.89. The molecule has 2 atom stereocenters. The van der Waals surface area contributed by atoms with Crippen molar-refractivity contribution in [1.29, 1.82) is 0 Å². The highest BCUT2D eigenvalue weighted by molar-refractivity contribution is 5.82. The summed E-state index contributed by atoms with van der Waals surface area (Å²) in [6, 6.07) is 8.13. The highest BCUT2D eigenvalue weighted by Gasteiger charge is 2.40. The van der Waals surface area contributed by atoms with Crippen molar-refractivity contribution in [2.75, 3.05) is 39.9 Å². The van der Waals surface area contributed by atoms with Crippen LogP contribution < -0.4 is 10.6 Å². The number of nitrogens with zero attached hydrogens (tertiary/aromatic N) is 1. The van der Waals surface area contributed by atoms with Gasteiger partial charge in [-0.05, 0) is 25.8 Å². The highest BCUT2D eigenvalue weighted by atomic mass is 16.5. The fourth-order valence-corrected chi connectivity index (χ4v) is 3.21. The molecule has 0 unspecified atom stereocenters. The van der Waals surface area contributed by atoms with Gasteiger partial charge in [-0.15, -0.1) is 0 Å². The Morgan fingerprint density at radius 1 is 1.20 bits per heavy atom. The van der Waals surface area contributed by atoms with Crippen molar-refractivity contribution in [3.8, 4) is 0 Å². The summed E-state index contributed by atoms with van der Waals surface area (Å²) >= 11 is 0. The van der Waals surface area contributed by atoms with Crippen molar-refractivity contribution in [3.63, 3.8) is 0 Å². The van der Waals surface area contributed by atoms with Crippen LogP contribution in [0.15, 0.2) is 24.3 Å². The number of aryl methyl sites for hydroxylation is 1. The number of ether oxygens (including phenoxy) is 1. The average molecular weight is 347 g/mol. The molecule has 138 valence electrons. The van der Waals surface area contributed by atoms with E-state index in [0.29, 0.717) is 32.8 Å². The number of benzene rings is 1. The lowest BCUT2D eigenvalue weighted by atomic mass is 9.88. The molecule has 6 heteroatoms. The van der Waals surface area contributed by atoms with Gasteiger partial charge in [0.1, 0.15) is 0 Å². The average Bonchev–Trinajstić information content (AvgIpc) is 3.05. The quantitative estimate of drug-likeness (QED) is 0.740. The second-order valence-electron chi connectivity index (χ2n) is 6.50. The number of hydrogen-bond donors (Lipinski definition) is 2. The molecule has 1 aromatic rings. The molecule has 1 fully saturated rings. The second kappa shape index (κ2) is 9.42. The van der Waals surface area contributed by atoms with Crippen LogP contribution in [0.25, 0.3) is 0 Å². The van der Waals surface area contributed by atoms with Crippen LogP contribution >= 0.6 is 0 Å². The van der Waals surface area contributed by atoms with Crippen molar-refractivity contribution in [2.24, 2.45) is 5.92 Å². The van der Waals surface area contributed by atoms with E-state index < -0.39 is 0 Å². The summed E-state index contributed by atoms with van der Waals surface area (Å²) < 4.78 is 5.01. The van der Waals surface area contributed by atoms with E-state index in [2.05, 4.69) is 34.9 Å². The van der Waals surface area contributed by atoms with Crippen molar-refractivity contribution >= 4 is 11.9 Å². The van der Waals surface area contributed by atoms with E-state index in [4.69, 9.17) is 4.74 Å². The Hall–Kier alpha value is -2.08. The molecule has 1 heterocycles. The van der Waals surface area contributed by atoms with Gasteiger partial charge < -0.3 is 20.3 Å². The van der Waals surface area contributed by atoms with Gasteiger partial charge in [-0.1, -0.05) is 29.8 Å². The standard InChI is InChI=1S/C19H29N3O3/c1-4-20-19(24)22-12-16(15-8-6-14(2)7-9-15)17(13-22)18(23)21-10-5-11-25-3/h6-9,16-17H,4-5,10-13H2,1-3H3,(H,20,24)(H,21,23)/t16-,17+/m0/s1. The first-order valence-corrected chi connectivity index (χ1v) is 8.92. The van der Waals surface area contributed by atoms with Crippen LogP contribution in [0.4, 0.5) is 4.79 Å². The Kier molecular flexibility index (Phi) is 7.25. The smallest absolute Gasteiger partial charge is 0.317 e. The summed E-state index contributed by atoms with van der Waals surface area (Å²) in [6.45, 7) is 6.73. The number of likely N-dealkylation sites (tertiary alicyclic amines) is 1. The number of carbonyl (C=O) groups excluding carboxylic acids is 2. The zero-order chi connectivity index (χ0) is 18.2. The van der Waals surface area contributed by atoms with E-state index in [1.54, 1.807) is 12.0 Å². The maximum atomic E-state index is 12.7. The van der Waals surface area contributed by atoms with Gasteiger partial charge in [-0.2, -0.15) is 0 Å². The lowest BCUT2D eigenvalue weighted by Gasteiger charge is -2.18. The number of carbonyl (C=O) groups is 2. The van der Waals surface area contributed by atoms with Gasteiger partial charge in [-0.3, -0.25) is 4.79 Å². The molecular formula is C19H29N3O3. The zero-order valence-electron chi connectivity index (χ0n) is 15.4. The molecule has 6 nitrogen and oxygen atoms in total. The van der Waals surface area contributed by atoms with Crippen LogP contribution in [0, 0.1) is 12.8 Å². The van der Waals surface area contributed by atoms with Gasteiger partial charge in [0, 0.05) is 45.8 Å². The molecule has 0 saturated carbocycles. The van der Waals surface area contributed by atoms with E-state index in [0.717, 1.165) is 12.0 Å². The van der Waals surface area contributed by atoms with E-state index >= 15 is 0 Å². The summed E-state index contributed by atoms with van der Waals surface area (Å²) in [4.78, 5) is 26.6. The van der Waals surface area contributed by atoms with E-state index in [1.807, 2.05) is 13.8 Å². The van der Waals surface area contributed by atoms with Crippen LogP contribution in [0.5, 0.6) is 0 Å². The first-order valence-electron chi connectivity index (χ1n) is 8.92. The Labute approximate surface area is 149 Å². The van der Waals surface area contributed by atoms with Gasteiger partial charge in [0.25, 0.3) is 0 Å². The molecule has 2 N–H and O–H groups in total. The number of nitrogens with one attached hydrogen (secondary N) is 2. The third-order valence-corrected chi connectivity index (χ3v) is 4.60. The van der Waals surface area contributed by atoms with Gasteiger partial charge in [0.15, 0.2) is 0 Å². The summed E-state index contributed by atoms with van der Waals surface area (Å²) in [5.74, 6) is -0.202. The Balaban J connectivity index is 2.09. The minimum Gasteiger partial charge on any atom is -0.385 e. The van der Waals surface area contributed by atoms with E-state index in [1.165, 1.54) is 5.56 Å². The molecule has 0 aliphatic carbocycles. The molecule has 25 heavy (non-hydrogen) atoms. The minimum atomic E-state index is -0.229. The third-order valence-electron chi connectivity index (χ3n) is 4.60. The number of amides is 3. The maximum Gasteiger partial charge on any atom is 0.317 e. The number of hydrogen-bond acceptors (Lipinski definition) is 3. The molecule has 0 aromatic heterocycles. The van der Waals surface area contributed by atoms with Crippen molar-refractivity contribution < 1.29 is 14.3 Å². The van der Waals surface area contributed by atoms with Crippen LogP contribution in [-0.2, 0) is 9.53 Å². The van der Waals surface area contributed by atoms with Gasteiger partial charge >= 0.3 is 6.03 Å². The summed E-state index contributed by atoms with van der Waals surface area (Å²) in [5.41, 5.74) is 2.29. The Bertz CT molecular complexity index is 574. The molecule has 0 radical (unpaired) electrons. The summed E-state index contributed by atoms with van der Waals surface area (Å²) in [6.07, 6.45) is 0.782. The van der Waals surface area contributed by atoms with Crippen molar-refractivity contribution in [1.82, 2.24) is 15.5 Å². The normalized spacial score (nSPS) is 19.7. The molecule has 1 aromatic carbocycles. The van der Waals surface area contributed by atoms with Gasteiger partial charge in [-0.25, -0.2) is 4.79 Å². The SMILES string of the molecule is CCNC(=O)N1C[C@@H](C(=O)NCCCOC)[C@H](c2ccc(C)cc2)C1. The lowest BCUT2D eigenvalue weighted by Crippen LogP contribution is -2.40. The molecular weight excluding hydrogens is 318 g/mol. The van der Waals surface area contributed by atoms with Crippen molar-refractivity contribution in [3.05, 3.63) is 35.4 Å². The third kappa shape index (κ3) is 5.19. The van der Waals surface area contributed by atoms with E-state index in [-0.39, 0.29) is 23.8 Å². The molecule has 3 amide bonds. The zero-order valence-corrected chi connectivity index (χ0v) is 15.4. The molecule has 0 spiro atoms. The molecule has 0 bridgehead atoms. The first kappa shape index (κ1) is 19.2. The molecule has 1 aliphatic heterocycles. The monoisotopic (exact) mass is 347 g/mol. The van der Waals surface area contributed by atoms with Crippen LogP contribution in [0.1, 0.15) is 30.4 Å². The van der Waals surface area contributed by atoms with Crippen LogP contribution in [-0.4, -0.2) is 56.7 Å².